The van der Waals surface area contributed by atoms with Crippen molar-refractivity contribution in [2.75, 3.05) is 141 Å². The summed E-state index contributed by atoms with van der Waals surface area (Å²) in [5.74, 6) is -8.29. The number of benzene rings is 1. The third-order valence-electron chi connectivity index (χ3n) is 27.2. The van der Waals surface area contributed by atoms with E-state index in [-0.39, 0.29) is 99.1 Å². The number of allylic oxidation sites excluding steroid dienone is 6. The number of hydrogen-bond acceptors (Lipinski definition) is 32. The molecule has 2 bridgehead atoms. The van der Waals surface area contributed by atoms with E-state index >= 15 is 0 Å². The van der Waals surface area contributed by atoms with E-state index in [0.29, 0.717) is 190 Å². The van der Waals surface area contributed by atoms with Gasteiger partial charge in [0.05, 0.1) is 95.1 Å². The van der Waals surface area contributed by atoms with E-state index in [1.54, 1.807) is 66.6 Å². The summed E-state index contributed by atoms with van der Waals surface area (Å²) in [4.78, 5) is 154. The van der Waals surface area contributed by atoms with Crippen molar-refractivity contribution in [2.24, 2.45) is 35.5 Å². The minimum atomic E-state index is -2.49. The summed E-state index contributed by atoms with van der Waals surface area (Å²) in [6.07, 6.45) is 21.1. The number of aryl methyl sites for hydroxylation is 1. The fourth-order valence-electron chi connectivity index (χ4n) is 19.1. The van der Waals surface area contributed by atoms with Crippen LogP contribution in [0.2, 0.25) is 0 Å². The molecule has 7 aromatic rings. The normalized spacial score (nSPS) is 26.5. The van der Waals surface area contributed by atoms with E-state index in [1.165, 1.54) is 30.1 Å². The van der Waals surface area contributed by atoms with Crippen LogP contribution in [0, 0.1) is 35.5 Å². The second-order valence-electron chi connectivity index (χ2n) is 37.1. The zero-order valence-corrected chi connectivity index (χ0v) is 80.4. The number of H-pyrrole nitrogens is 1. The lowest BCUT2D eigenvalue weighted by atomic mass is 9.78. The maximum Gasteiger partial charge on any atom is 0.329 e. The highest BCUT2D eigenvalue weighted by atomic mass is 16.6. The molecule has 1 aliphatic carbocycles. The number of cyclic esters (lactones) is 1. The van der Waals surface area contributed by atoms with Gasteiger partial charge in [-0.25, -0.2) is 39.4 Å². The summed E-state index contributed by atoms with van der Waals surface area (Å²) in [6, 6.07) is 9.09. The third-order valence-corrected chi connectivity index (χ3v) is 27.2. The zero-order chi connectivity index (χ0) is 97.4. The molecule has 3 amide bonds. The molecule has 3 saturated heterocycles. The summed E-state index contributed by atoms with van der Waals surface area (Å²) < 4.78 is 60.9. The number of nitrogens with two attached hydrogens (primary N) is 2. The van der Waals surface area contributed by atoms with Gasteiger partial charge in [-0.3, -0.25) is 33.6 Å². The van der Waals surface area contributed by atoms with Crippen LogP contribution in [0.1, 0.15) is 171 Å². The number of ketones is 3. The SMILES string of the molecule is CO[C@H]1C[C@@H]2CC[C@@H](C)[C@@](O)(O2)C(=O)C(=O)N2CCCC[C@H]2C(=O)O[C@H]([C@H](C)C[C@@H]2CC[C@@H](OC(=O)CCc3cnc(N4CCN(c5ncc(C(=O)NCCOCCOCCOCCOCCC(=O)N6CCc7cc(Cn8nc(-c9cnc%10[nH]ccc%10c9)c9c(N)ncnc98)ccc7C6)c(N)n5)CC4)nc3)[C@H](OC)C2)CC(=O)[C@H](C)/C=C(\C)[C@@H](O)[C@@H](OC)C(=O)[C@H](C)C[C@H](C)/C=C/C=C/C=C/1C. The Bertz CT molecular complexity index is 5430. The Kier molecular flexibility index (Phi) is 37.1. The maximum absolute atomic E-state index is 14.8. The Labute approximate surface area is 799 Å². The van der Waals surface area contributed by atoms with Crippen LogP contribution in [0.3, 0.4) is 0 Å². The molecular weight excluding hydrogens is 1760 g/mol. The van der Waals surface area contributed by atoms with Gasteiger partial charge >= 0.3 is 11.9 Å². The number of hydrogen-bond donors (Lipinski definition) is 6. The first-order valence-electron chi connectivity index (χ1n) is 48.1. The Morgan fingerprint density at radius 2 is 1.44 bits per heavy atom. The van der Waals surface area contributed by atoms with E-state index in [2.05, 4.69) is 63.4 Å². The van der Waals surface area contributed by atoms with Crippen LogP contribution in [0.25, 0.3) is 33.3 Å². The number of piperidine rings is 1. The van der Waals surface area contributed by atoms with Crippen LogP contribution in [0.4, 0.5) is 23.5 Å². The van der Waals surface area contributed by atoms with Gasteiger partial charge in [-0.15, -0.1) is 0 Å². The van der Waals surface area contributed by atoms with Gasteiger partial charge in [-0.05, 0) is 154 Å². The first kappa shape index (κ1) is 103. The van der Waals surface area contributed by atoms with Gasteiger partial charge in [-0.2, -0.15) is 10.1 Å². The van der Waals surface area contributed by atoms with Gasteiger partial charge in [0, 0.05) is 153 Å². The average Bonchev–Trinajstić information content (AvgIpc) is 1.73. The van der Waals surface area contributed by atoms with E-state index in [0.717, 1.165) is 45.3 Å². The molecule has 13 rings (SSSR count). The Morgan fingerprint density at radius 1 is 0.708 bits per heavy atom. The molecule has 1 aromatic carbocycles. The van der Waals surface area contributed by atoms with Crippen molar-refractivity contribution < 1.29 is 95.9 Å². The highest BCUT2D eigenvalue weighted by Gasteiger charge is 2.53. The number of Topliss-reactive ketones (excluding diaryl/α,β-unsaturated/α-hetero) is 3. The number of methoxy groups -OCH3 is 3. The summed E-state index contributed by atoms with van der Waals surface area (Å²) in [5.41, 5.74) is 21.0. The molecule has 740 valence electrons. The quantitative estimate of drug-likeness (QED) is 0.0102. The van der Waals surface area contributed by atoms with Crippen molar-refractivity contribution in [1.82, 2.24) is 64.8 Å². The summed E-state index contributed by atoms with van der Waals surface area (Å²) in [6.45, 7) is 19.1. The number of aromatic nitrogens is 10. The van der Waals surface area contributed by atoms with Gasteiger partial charge in [0.25, 0.3) is 17.6 Å². The van der Waals surface area contributed by atoms with Crippen molar-refractivity contribution in [1.29, 1.82) is 0 Å². The molecule has 37 heteroatoms. The highest BCUT2D eigenvalue weighted by molar-refractivity contribution is 6.39. The smallest absolute Gasteiger partial charge is 0.329 e. The molecular formula is C100H135N17O20. The predicted octanol–water partition coefficient (Wildman–Crippen LogP) is 8.94. The van der Waals surface area contributed by atoms with Crippen molar-refractivity contribution in [3.63, 3.8) is 0 Å². The summed E-state index contributed by atoms with van der Waals surface area (Å²) >= 11 is 0. The van der Waals surface area contributed by atoms with Crippen molar-refractivity contribution in [3.8, 4) is 11.3 Å². The molecule has 8 N–H and O–H groups in total. The minimum absolute atomic E-state index is 0.0256. The number of aliphatic hydroxyl groups excluding tert-OH is 1. The Balaban J connectivity index is 0.498. The molecule has 4 fully saturated rings. The van der Waals surface area contributed by atoms with Gasteiger partial charge in [0.2, 0.25) is 23.6 Å². The number of amides is 3. The number of aromatic amines is 1. The van der Waals surface area contributed by atoms with Gasteiger partial charge in [-0.1, -0.05) is 89.3 Å². The monoisotopic (exact) mass is 1890 g/mol. The first-order chi connectivity index (χ1) is 66.1. The Morgan fingerprint density at radius 3 is 2.17 bits per heavy atom. The number of nitrogens with zero attached hydrogens (tertiary/aromatic N) is 13. The molecule has 0 radical (unpaired) electrons. The fraction of sp³-hybridized carbons (Fsp3) is 0.580. The number of fused-ring (bicyclic) bond motifs is 6. The van der Waals surface area contributed by atoms with Crippen molar-refractivity contribution in [2.45, 2.75) is 219 Å². The highest BCUT2D eigenvalue weighted by Crippen LogP contribution is 2.40. The summed E-state index contributed by atoms with van der Waals surface area (Å²) in [7, 11) is 4.50. The minimum Gasteiger partial charge on any atom is -0.460 e. The van der Waals surface area contributed by atoms with Crippen LogP contribution < -0.4 is 26.6 Å². The van der Waals surface area contributed by atoms with Crippen LogP contribution >= 0.6 is 0 Å². The maximum atomic E-state index is 14.8. The molecule has 11 heterocycles. The van der Waals surface area contributed by atoms with E-state index < -0.39 is 108 Å². The number of nitrogens with one attached hydrogen (secondary N) is 2. The Hall–Kier alpha value is -11.3. The third kappa shape index (κ3) is 27.0. The topological polar surface area (TPSA) is 470 Å². The zero-order valence-electron chi connectivity index (χ0n) is 80.4. The molecule has 0 unspecified atom stereocenters. The number of pyridine rings is 1. The van der Waals surface area contributed by atoms with Crippen molar-refractivity contribution in [3.05, 3.63) is 143 Å². The van der Waals surface area contributed by atoms with Gasteiger partial charge < -0.3 is 98.9 Å². The number of anilines is 4. The lowest BCUT2D eigenvalue weighted by Gasteiger charge is -2.42. The van der Waals surface area contributed by atoms with Crippen LogP contribution in [-0.4, -0.2) is 291 Å². The van der Waals surface area contributed by atoms with Crippen LogP contribution in [0.15, 0.2) is 115 Å². The largest absolute Gasteiger partial charge is 0.460 e. The lowest BCUT2D eigenvalue weighted by molar-refractivity contribution is -0.265. The standard InChI is InChI=1S/C100H135N17O20/c1-61-16-12-11-13-17-62(2)80(128-8)52-75-24-19-67(7)100(127,137-75)90(123)96(125)116-32-15-14-18-77(116)97(126)136-81(53-78(118)63(3)47-66(6)88(122)89(130-10)87(121)65(5)46-61)64(4)48-68-21-25-79(82(50-68)129-9)135-84(120)26-22-70-54-106-98(107-55-70)113-34-36-114(37-35-113)99-108-57-76(91(101)111-99)95(124)104-31-39-132-41-43-134-45-44-133-42-40-131-38-29-83(119)115-33-28-71-49-69(20-23-73(71)59-115)58-117-94-85(92(102)109-60-110-94)86(112-117)74-51-72-27-30-103-93(72)105-56-74/h11-13,16-17,20,23,27,30,47,49,51,54-57,60-61,63-65,67-68,75,77,79-82,88-89,122,127H,14-15,18-19,21-22,24-26,28-29,31-46,48,50,52-53,58-59H2,1-10H3,(H,103,105)(H,104,124)(H2,101,108,111)(H2,102,109,110)/b13-11+,16-12+,62-17+,66-47+/t61-,63-,64-,65-,67-,68+,75+,77+,79-,80+,81+,82-,88-,89+,100-/m1/s1. The number of aliphatic hydroxyl groups is 2. The lowest BCUT2D eigenvalue weighted by Crippen LogP contribution is -2.61. The van der Waals surface area contributed by atoms with Crippen LogP contribution in [0.5, 0.6) is 0 Å². The van der Waals surface area contributed by atoms with E-state index in [1.807, 2.05) is 88.9 Å². The van der Waals surface area contributed by atoms with Gasteiger partial charge in [0.1, 0.15) is 65.5 Å². The van der Waals surface area contributed by atoms with Crippen LogP contribution in [-0.2, 0) is 107 Å². The van der Waals surface area contributed by atoms with Gasteiger partial charge in [0.15, 0.2) is 11.4 Å². The molecule has 5 aliphatic heterocycles. The molecule has 0 spiro atoms. The molecule has 6 aliphatic rings. The average molecular weight is 1900 g/mol. The molecule has 1 saturated carbocycles. The summed E-state index contributed by atoms with van der Waals surface area (Å²) in [5, 5.41) is 33.3. The molecule has 137 heavy (non-hydrogen) atoms. The first-order valence-corrected chi connectivity index (χ1v) is 48.1. The predicted molar refractivity (Wildman–Crippen MR) is 510 cm³/mol. The number of nitrogen functional groups attached to an aromatic ring is 2. The number of rotatable bonds is 31. The van der Waals surface area contributed by atoms with Crippen molar-refractivity contribution >= 4 is 92.6 Å². The molecule has 37 nitrogen and oxygen atoms in total. The fourth-order valence-corrected chi connectivity index (χ4v) is 19.1. The van der Waals surface area contributed by atoms with E-state index in [9.17, 15) is 48.6 Å². The second-order valence-corrected chi connectivity index (χ2v) is 37.1. The number of ether oxygens (including phenoxy) is 10. The number of esters is 2. The number of carbonyl (C=O) groups is 8. The number of piperazine rings is 1. The number of carbonyl (C=O) groups excluding carboxylic acids is 8. The second kappa shape index (κ2) is 49.3. The molecule has 6 aromatic heterocycles. The molecule has 15 atom stereocenters. The van der Waals surface area contributed by atoms with E-state index in [4.69, 9.17) is 63.9 Å².